The molecule has 64 valence electrons. The van der Waals surface area contributed by atoms with Crippen molar-refractivity contribution in [3.63, 3.8) is 0 Å². The highest BCUT2D eigenvalue weighted by Crippen LogP contribution is 2.20. The summed E-state index contributed by atoms with van der Waals surface area (Å²) >= 11 is 0. The first-order chi connectivity index (χ1) is 5.24. The summed E-state index contributed by atoms with van der Waals surface area (Å²) in [5, 5.41) is 3.22. The molecule has 0 heterocycles. The van der Waals surface area contributed by atoms with Gasteiger partial charge in [-0.1, -0.05) is 13.3 Å². The van der Waals surface area contributed by atoms with Gasteiger partial charge in [-0.3, -0.25) is 4.79 Å². The lowest BCUT2D eigenvalue weighted by Crippen LogP contribution is -2.42. The molecule has 1 atom stereocenters. The van der Waals surface area contributed by atoms with Crippen LogP contribution in [0.4, 0.5) is 0 Å². The van der Waals surface area contributed by atoms with Gasteiger partial charge in [0.05, 0.1) is 6.04 Å². The lowest BCUT2D eigenvalue weighted by Gasteiger charge is -2.12. The molecule has 0 spiro atoms. The third-order valence-corrected chi connectivity index (χ3v) is 1.94. The van der Waals surface area contributed by atoms with Crippen LogP contribution in [-0.2, 0) is 4.79 Å². The molecule has 3 N–H and O–H groups in total. The second-order valence-electron chi connectivity index (χ2n) is 3.18. The van der Waals surface area contributed by atoms with Crippen LogP contribution in [-0.4, -0.2) is 18.0 Å². The van der Waals surface area contributed by atoms with Crippen molar-refractivity contribution in [1.29, 1.82) is 0 Å². The molecule has 11 heavy (non-hydrogen) atoms. The van der Waals surface area contributed by atoms with Crippen LogP contribution in [0.5, 0.6) is 0 Å². The molecule has 0 bridgehead atoms. The van der Waals surface area contributed by atoms with Crippen molar-refractivity contribution in [3.8, 4) is 0 Å². The van der Waals surface area contributed by atoms with Crippen LogP contribution in [0.1, 0.15) is 32.6 Å². The van der Waals surface area contributed by atoms with E-state index >= 15 is 0 Å². The molecule has 1 rings (SSSR count). The lowest BCUT2D eigenvalue weighted by molar-refractivity contribution is -0.120. The molecule has 0 radical (unpaired) electrons. The summed E-state index contributed by atoms with van der Waals surface area (Å²) in [5.41, 5.74) is 5.20. The van der Waals surface area contributed by atoms with E-state index in [0.29, 0.717) is 6.04 Å². The number of hydrogen-bond acceptors (Lipinski definition) is 2. The van der Waals surface area contributed by atoms with Gasteiger partial charge in [0.15, 0.2) is 0 Å². The second-order valence-corrected chi connectivity index (χ2v) is 3.18. The van der Waals surface area contributed by atoms with E-state index in [1.165, 1.54) is 12.8 Å². The Labute approximate surface area is 67.3 Å². The van der Waals surface area contributed by atoms with Gasteiger partial charge < -0.3 is 11.1 Å². The fraction of sp³-hybridized carbons (Fsp3) is 0.875. The van der Waals surface area contributed by atoms with Crippen LogP contribution in [0, 0.1) is 0 Å². The zero-order valence-electron chi connectivity index (χ0n) is 6.97. The highest BCUT2D eigenvalue weighted by molar-refractivity contribution is 5.79. The topological polar surface area (TPSA) is 55.1 Å². The molecule has 1 aliphatic rings. The van der Waals surface area contributed by atoms with Gasteiger partial charge in [-0.15, -0.1) is 0 Å². The molecule has 3 nitrogen and oxygen atoms in total. The second kappa shape index (κ2) is 3.72. The molecule has 3 heteroatoms. The highest BCUT2D eigenvalue weighted by atomic mass is 16.1. The highest BCUT2D eigenvalue weighted by Gasteiger charge is 2.26. The molecule has 1 saturated carbocycles. The Balaban J connectivity index is 2.24. The molecule has 1 aliphatic carbocycles. The molecule has 0 aliphatic heterocycles. The van der Waals surface area contributed by atoms with Crippen LogP contribution in [0.15, 0.2) is 0 Å². The third-order valence-electron chi connectivity index (χ3n) is 1.94. The Bertz CT molecular complexity index is 143. The summed E-state index contributed by atoms with van der Waals surface area (Å²) in [6.45, 7) is 2.06. The molecule has 0 aromatic rings. The van der Waals surface area contributed by atoms with Crippen molar-refractivity contribution in [3.05, 3.63) is 0 Å². The SMILES string of the molecule is CCCC(NC1CC1)C(N)=O. The largest absolute Gasteiger partial charge is 0.368 e. The van der Waals surface area contributed by atoms with E-state index in [4.69, 9.17) is 5.73 Å². The van der Waals surface area contributed by atoms with E-state index in [2.05, 4.69) is 12.2 Å². The number of rotatable bonds is 5. The zero-order valence-corrected chi connectivity index (χ0v) is 6.97. The van der Waals surface area contributed by atoms with Crippen LogP contribution in [0.25, 0.3) is 0 Å². The van der Waals surface area contributed by atoms with Gasteiger partial charge in [0.2, 0.25) is 5.91 Å². The van der Waals surface area contributed by atoms with Crippen molar-refractivity contribution in [2.75, 3.05) is 0 Å². The molecule has 1 fully saturated rings. The summed E-state index contributed by atoms with van der Waals surface area (Å²) in [6, 6.07) is 0.478. The number of carbonyl (C=O) groups excluding carboxylic acids is 1. The van der Waals surface area contributed by atoms with Crippen LogP contribution >= 0.6 is 0 Å². The standard InChI is InChI=1S/C8H16N2O/c1-2-3-7(8(9)11)10-6-4-5-6/h6-7,10H,2-5H2,1H3,(H2,9,11). The number of nitrogens with two attached hydrogens (primary N) is 1. The van der Waals surface area contributed by atoms with Crippen molar-refractivity contribution in [2.45, 2.75) is 44.7 Å². The van der Waals surface area contributed by atoms with Crippen molar-refractivity contribution in [1.82, 2.24) is 5.32 Å². The maximum Gasteiger partial charge on any atom is 0.234 e. The summed E-state index contributed by atoms with van der Waals surface area (Å²) in [6.07, 6.45) is 4.28. The summed E-state index contributed by atoms with van der Waals surface area (Å²) in [4.78, 5) is 10.8. The van der Waals surface area contributed by atoms with Gasteiger partial charge in [-0.2, -0.15) is 0 Å². The average molecular weight is 156 g/mol. The van der Waals surface area contributed by atoms with Crippen molar-refractivity contribution >= 4 is 5.91 Å². The summed E-state index contributed by atoms with van der Waals surface area (Å²) in [5.74, 6) is -0.209. The van der Waals surface area contributed by atoms with E-state index in [-0.39, 0.29) is 11.9 Å². The number of amides is 1. The third kappa shape index (κ3) is 2.89. The first-order valence-corrected chi connectivity index (χ1v) is 4.29. The molecule has 0 saturated heterocycles. The summed E-state index contributed by atoms with van der Waals surface area (Å²) < 4.78 is 0. The van der Waals surface area contributed by atoms with Crippen LogP contribution in [0.2, 0.25) is 0 Å². The first-order valence-electron chi connectivity index (χ1n) is 4.29. The van der Waals surface area contributed by atoms with E-state index in [1.54, 1.807) is 0 Å². The predicted molar refractivity (Wildman–Crippen MR) is 44.0 cm³/mol. The van der Waals surface area contributed by atoms with Crippen LogP contribution in [0.3, 0.4) is 0 Å². The first kappa shape index (κ1) is 8.53. The minimum Gasteiger partial charge on any atom is -0.368 e. The van der Waals surface area contributed by atoms with Gasteiger partial charge in [0, 0.05) is 6.04 Å². The smallest absolute Gasteiger partial charge is 0.234 e. The Morgan fingerprint density at radius 1 is 1.73 bits per heavy atom. The van der Waals surface area contributed by atoms with E-state index in [9.17, 15) is 4.79 Å². The van der Waals surface area contributed by atoms with Gasteiger partial charge in [-0.05, 0) is 19.3 Å². The molecule has 1 unspecified atom stereocenters. The number of primary amides is 1. The number of nitrogens with one attached hydrogen (secondary N) is 1. The van der Waals surface area contributed by atoms with Gasteiger partial charge >= 0.3 is 0 Å². The Morgan fingerprint density at radius 3 is 2.73 bits per heavy atom. The quantitative estimate of drug-likeness (QED) is 0.605. The minimum atomic E-state index is -0.209. The Kier molecular flexibility index (Phi) is 2.88. The number of hydrogen-bond donors (Lipinski definition) is 2. The van der Waals surface area contributed by atoms with Crippen molar-refractivity contribution in [2.24, 2.45) is 5.73 Å². The maximum absolute atomic E-state index is 10.8. The van der Waals surface area contributed by atoms with E-state index < -0.39 is 0 Å². The van der Waals surface area contributed by atoms with E-state index in [1.807, 2.05) is 0 Å². The maximum atomic E-state index is 10.8. The minimum absolute atomic E-state index is 0.0903. The summed E-state index contributed by atoms with van der Waals surface area (Å²) in [7, 11) is 0. The van der Waals surface area contributed by atoms with E-state index in [0.717, 1.165) is 12.8 Å². The monoisotopic (exact) mass is 156 g/mol. The molecule has 1 amide bonds. The van der Waals surface area contributed by atoms with Gasteiger partial charge in [0.1, 0.15) is 0 Å². The average Bonchev–Trinajstić information content (AvgIpc) is 2.70. The fourth-order valence-corrected chi connectivity index (χ4v) is 1.13. The molecule has 0 aromatic carbocycles. The molecule has 0 aromatic heterocycles. The number of carbonyl (C=O) groups is 1. The normalized spacial score (nSPS) is 19.7. The Hall–Kier alpha value is -0.570. The zero-order chi connectivity index (χ0) is 8.27. The van der Waals surface area contributed by atoms with Gasteiger partial charge in [-0.25, -0.2) is 0 Å². The predicted octanol–water partition coefficient (Wildman–Crippen LogP) is 0.392. The van der Waals surface area contributed by atoms with Crippen LogP contribution < -0.4 is 11.1 Å². The molecular formula is C8H16N2O. The van der Waals surface area contributed by atoms with Gasteiger partial charge in [0.25, 0.3) is 0 Å². The lowest BCUT2D eigenvalue weighted by atomic mass is 10.1. The fourth-order valence-electron chi connectivity index (χ4n) is 1.13. The molecular weight excluding hydrogens is 140 g/mol. The van der Waals surface area contributed by atoms with Crippen molar-refractivity contribution < 1.29 is 4.79 Å². The Morgan fingerprint density at radius 2 is 2.36 bits per heavy atom.